The van der Waals surface area contributed by atoms with Crippen LogP contribution in [0.5, 0.6) is 0 Å². The number of hydrogen-bond acceptors (Lipinski definition) is 1. The molecule has 0 bridgehead atoms. The van der Waals surface area contributed by atoms with E-state index in [-0.39, 0.29) is 0 Å². The molecule has 0 aliphatic carbocycles. The largest absolute Gasteiger partial charge is 0.386 e. The molecule has 0 aliphatic rings. The van der Waals surface area contributed by atoms with Gasteiger partial charge in [-0.2, -0.15) is 0 Å². The van der Waals surface area contributed by atoms with E-state index in [9.17, 15) is 9.50 Å². The molecule has 0 aromatic heterocycles. The smallest absolute Gasteiger partial charge is 0.120 e. The predicted octanol–water partition coefficient (Wildman–Crippen LogP) is 4.00. The minimum absolute atomic E-state index is 0.686. The summed E-state index contributed by atoms with van der Waals surface area (Å²) in [6, 6.07) is 17.6. The average Bonchev–Trinajstić information content (AvgIpc) is 2.44. The molecule has 0 radical (unpaired) electrons. The third kappa shape index (κ3) is 1.66. The lowest BCUT2D eigenvalue weighted by Crippen LogP contribution is -2.01. The molecule has 1 N–H and O–H groups in total. The van der Waals surface area contributed by atoms with Crippen LogP contribution in [0, 0.1) is 0 Å². The van der Waals surface area contributed by atoms with Gasteiger partial charge in [0.1, 0.15) is 12.8 Å². The first-order chi connectivity index (χ1) is 8.81. The van der Waals surface area contributed by atoms with E-state index in [4.69, 9.17) is 0 Å². The van der Waals surface area contributed by atoms with Crippen molar-refractivity contribution in [2.45, 2.75) is 6.10 Å². The normalized spacial score (nSPS) is 13.0. The number of aliphatic hydroxyl groups excluding tert-OH is 1. The molecule has 2 heteroatoms. The zero-order chi connectivity index (χ0) is 12.5. The molecule has 1 unspecified atom stereocenters. The van der Waals surface area contributed by atoms with Gasteiger partial charge in [-0.05, 0) is 33.2 Å². The highest BCUT2D eigenvalue weighted by Gasteiger charge is 2.14. The van der Waals surface area contributed by atoms with Crippen molar-refractivity contribution >= 4 is 21.5 Å². The molecule has 0 spiro atoms. The maximum Gasteiger partial charge on any atom is 0.120 e. The van der Waals surface area contributed by atoms with Gasteiger partial charge in [0.05, 0.1) is 0 Å². The van der Waals surface area contributed by atoms with Crippen molar-refractivity contribution in [2.75, 3.05) is 6.67 Å². The van der Waals surface area contributed by atoms with Gasteiger partial charge >= 0.3 is 0 Å². The van der Waals surface area contributed by atoms with Crippen LogP contribution >= 0.6 is 0 Å². The van der Waals surface area contributed by atoms with E-state index in [0.29, 0.717) is 5.56 Å². The standard InChI is InChI=1S/C16H13FO/c17-10-15(18)16-13-7-3-1-5-11(13)9-12-6-2-4-8-14(12)16/h1-9,15,18H,10H2. The van der Waals surface area contributed by atoms with Crippen molar-refractivity contribution in [3.63, 3.8) is 0 Å². The lowest BCUT2D eigenvalue weighted by molar-refractivity contribution is 0.144. The molecule has 1 atom stereocenters. The molecule has 3 aromatic carbocycles. The summed E-state index contributed by atoms with van der Waals surface area (Å²) in [5.74, 6) is 0. The van der Waals surface area contributed by atoms with E-state index < -0.39 is 12.8 Å². The van der Waals surface area contributed by atoms with E-state index in [1.165, 1.54) is 0 Å². The molecule has 3 aromatic rings. The van der Waals surface area contributed by atoms with Crippen molar-refractivity contribution in [1.82, 2.24) is 0 Å². The minimum Gasteiger partial charge on any atom is -0.386 e. The van der Waals surface area contributed by atoms with Gasteiger partial charge in [-0.1, -0.05) is 48.5 Å². The molecule has 0 heterocycles. The topological polar surface area (TPSA) is 20.2 Å². The summed E-state index contributed by atoms with van der Waals surface area (Å²) < 4.78 is 12.9. The monoisotopic (exact) mass is 240 g/mol. The summed E-state index contributed by atoms with van der Waals surface area (Å²) in [5, 5.41) is 13.8. The van der Waals surface area contributed by atoms with E-state index in [1.807, 2.05) is 48.5 Å². The van der Waals surface area contributed by atoms with Crippen molar-refractivity contribution in [3.8, 4) is 0 Å². The van der Waals surface area contributed by atoms with E-state index >= 15 is 0 Å². The van der Waals surface area contributed by atoms with Gasteiger partial charge in [0.25, 0.3) is 0 Å². The second kappa shape index (κ2) is 4.39. The molecule has 18 heavy (non-hydrogen) atoms. The Morgan fingerprint density at radius 2 is 1.39 bits per heavy atom. The molecule has 90 valence electrons. The number of hydrogen-bond donors (Lipinski definition) is 1. The van der Waals surface area contributed by atoms with Crippen molar-refractivity contribution in [3.05, 3.63) is 60.2 Å². The third-order valence-electron chi connectivity index (χ3n) is 3.29. The number of fused-ring (bicyclic) bond motifs is 2. The van der Waals surface area contributed by atoms with Crippen LogP contribution in [0.4, 0.5) is 4.39 Å². The molecular formula is C16H13FO. The maximum atomic E-state index is 12.9. The first-order valence-electron chi connectivity index (χ1n) is 5.95. The SMILES string of the molecule is OC(CF)c1c2ccccc2cc2ccccc12. The number of alkyl halides is 1. The minimum atomic E-state index is -1.07. The summed E-state index contributed by atoms with van der Waals surface area (Å²) in [4.78, 5) is 0. The van der Waals surface area contributed by atoms with Crippen LogP contribution in [0.15, 0.2) is 54.6 Å². The predicted molar refractivity (Wildman–Crippen MR) is 72.4 cm³/mol. The van der Waals surface area contributed by atoms with Crippen LogP contribution in [0.2, 0.25) is 0 Å². The second-order valence-corrected chi connectivity index (χ2v) is 4.40. The zero-order valence-corrected chi connectivity index (χ0v) is 9.81. The number of benzene rings is 3. The number of aliphatic hydroxyl groups is 1. The van der Waals surface area contributed by atoms with Gasteiger partial charge in [-0.25, -0.2) is 4.39 Å². The van der Waals surface area contributed by atoms with Crippen LogP contribution in [0.3, 0.4) is 0 Å². The average molecular weight is 240 g/mol. The fraction of sp³-hybridized carbons (Fsp3) is 0.125. The second-order valence-electron chi connectivity index (χ2n) is 4.40. The van der Waals surface area contributed by atoms with Crippen LogP contribution < -0.4 is 0 Å². The van der Waals surface area contributed by atoms with Crippen LogP contribution in [-0.2, 0) is 0 Å². The Bertz CT molecular complexity index is 652. The molecular weight excluding hydrogens is 227 g/mol. The Balaban J connectivity index is 2.49. The summed E-state index contributed by atoms with van der Waals surface area (Å²) in [7, 11) is 0. The first kappa shape index (κ1) is 11.2. The van der Waals surface area contributed by atoms with Gasteiger partial charge in [0.2, 0.25) is 0 Å². The first-order valence-corrected chi connectivity index (χ1v) is 5.95. The molecule has 0 saturated heterocycles. The van der Waals surface area contributed by atoms with E-state index in [0.717, 1.165) is 21.5 Å². The molecule has 0 aliphatic heterocycles. The van der Waals surface area contributed by atoms with Gasteiger partial charge in [0, 0.05) is 0 Å². The Labute approximate surface area is 104 Å². The number of rotatable bonds is 2. The van der Waals surface area contributed by atoms with Crippen molar-refractivity contribution in [2.24, 2.45) is 0 Å². The molecule has 1 nitrogen and oxygen atoms in total. The summed E-state index contributed by atoms with van der Waals surface area (Å²) in [6.45, 7) is -0.766. The highest BCUT2D eigenvalue weighted by Crippen LogP contribution is 2.32. The fourth-order valence-electron chi connectivity index (χ4n) is 2.49. The summed E-state index contributed by atoms with van der Waals surface area (Å²) >= 11 is 0. The molecule has 0 saturated carbocycles. The molecule has 0 amide bonds. The third-order valence-corrected chi connectivity index (χ3v) is 3.29. The van der Waals surface area contributed by atoms with Crippen molar-refractivity contribution in [1.29, 1.82) is 0 Å². The molecule has 0 fully saturated rings. The summed E-state index contributed by atoms with van der Waals surface area (Å²) in [5.41, 5.74) is 0.686. The Morgan fingerprint density at radius 3 is 1.89 bits per heavy atom. The van der Waals surface area contributed by atoms with Gasteiger partial charge in [-0.3, -0.25) is 0 Å². The van der Waals surface area contributed by atoms with Gasteiger partial charge in [0.15, 0.2) is 0 Å². The highest BCUT2D eigenvalue weighted by atomic mass is 19.1. The Morgan fingerprint density at radius 1 is 0.889 bits per heavy atom. The van der Waals surface area contributed by atoms with Crippen LogP contribution in [-0.4, -0.2) is 11.8 Å². The fourth-order valence-corrected chi connectivity index (χ4v) is 2.49. The van der Waals surface area contributed by atoms with Crippen molar-refractivity contribution < 1.29 is 9.50 Å². The van der Waals surface area contributed by atoms with Gasteiger partial charge < -0.3 is 5.11 Å². The van der Waals surface area contributed by atoms with Crippen LogP contribution in [0.25, 0.3) is 21.5 Å². The maximum absolute atomic E-state index is 12.9. The Hall–Kier alpha value is -1.93. The highest BCUT2D eigenvalue weighted by molar-refractivity contribution is 6.02. The lowest BCUT2D eigenvalue weighted by atomic mass is 9.94. The van der Waals surface area contributed by atoms with Crippen LogP contribution in [0.1, 0.15) is 11.7 Å². The molecule has 3 rings (SSSR count). The van der Waals surface area contributed by atoms with Gasteiger partial charge in [-0.15, -0.1) is 0 Å². The summed E-state index contributed by atoms with van der Waals surface area (Å²) in [6.07, 6.45) is -1.07. The lowest BCUT2D eigenvalue weighted by Gasteiger charge is -2.14. The quantitative estimate of drug-likeness (QED) is 0.671. The zero-order valence-electron chi connectivity index (χ0n) is 9.81. The van der Waals surface area contributed by atoms with E-state index in [1.54, 1.807) is 0 Å². The Kier molecular flexibility index (Phi) is 2.73. The van der Waals surface area contributed by atoms with E-state index in [2.05, 4.69) is 6.07 Å². The number of halogens is 1.